The molecule has 0 radical (unpaired) electrons. The summed E-state index contributed by atoms with van der Waals surface area (Å²) in [6.45, 7) is 0. The highest BCUT2D eigenvalue weighted by molar-refractivity contribution is 6.06. The lowest BCUT2D eigenvalue weighted by Gasteiger charge is -2.40. The number of carboxylic acids is 1. The van der Waals surface area contributed by atoms with Crippen molar-refractivity contribution in [1.29, 1.82) is 0 Å². The van der Waals surface area contributed by atoms with Crippen LogP contribution in [-0.2, 0) is 10.3 Å². The van der Waals surface area contributed by atoms with E-state index in [1.807, 2.05) is 0 Å². The quantitative estimate of drug-likeness (QED) is 0.239. The number of hydrogen-bond acceptors (Lipinski definition) is 5. The molecule has 40 heavy (non-hydrogen) atoms. The Kier molecular flexibility index (Phi) is 4.23. The fourth-order valence-electron chi connectivity index (χ4n) is 4.98. The molecule has 0 unspecified atom stereocenters. The maximum Gasteiger partial charge on any atom is 0.335 e. The third-order valence-corrected chi connectivity index (χ3v) is 6.78. The molecule has 0 bridgehead atoms. The van der Waals surface area contributed by atoms with Crippen LogP contribution in [0, 0.1) is 11.6 Å². The van der Waals surface area contributed by atoms with E-state index in [0.717, 1.165) is 42.0 Å². The summed E-state index contributed by atoms with van der Waals surface area (Å²) < 4.78 is 122. The molecule has 10 heteroatoms. The summed E-state index contributed by atoms with van der Waals surface area (Å²) in [7, 11) is 1.84. The Bertz CT molecular complexity index is 2170. The number of nitrogens with zero attached hydrogens (tertiary/aromatic N) is 2. The van der Waals surface area contributed by atoms with Gasteiger partial charge < -0.3 is 24.3 Å². The molecule has 1 aliphatic rings. The molecule has 0 spiro atoms. The van der Waals surface area contributed by atoms with Gasteiger partial charge in [0.05, 0.1) is 37.5 Å². The van der Waals surface area contributed by atoms with Crippen molar-refractivity contribution < 1.29 is 45.6 Å². The van der Waals surface area contributed by atoms with Crippen LogP contribution < -0.4 is 4.74 Å². The van der Waals surface area contributed by atoms with Gasteiger partial charge in [-0.3, -0.25) is 5.10 Å². The zero-order valence-corrected chi connectivity index (χ0v) is 21.0. The zero-order chi connectivity index (χ0) is 36.3. The first-order chi connectivity index (χ1) is 22.7. The minimum absolute atomic E-state index is 0.118. The van der Waals surface area contributed by atoms with Crippen molar-refractivity contribution in [1.82, 2.24) is 14.8 Å². The molecule has 1 saturated carbocycles. The van der Waals surface area contributed by atoms with Gasteiger partial charge >= 0.3 is 5.97 Å². The van der Waals surface area contributed by atoms with Crippen molar-refractivity contribution in [2.75, 3.05) is 14.2 Å². The van der Waals surface area contributed by atoms with Gasteiger partial charge in [-0.25, -0.2) is 13.6 Å². The highest BCUT2D eigenvalue weighted by atomic mass is 19.1. The van der Waals surface area contributed by atoms with E-state index in [9.17, 15) is 20.8 Å². The van der Waals surface area contributed by atoms with Crippen LogP contribution in [0.1, 0.15) is 53.9 Å². The number of methoxy groups -OCH3 is 2. The maximum absolute atomic E-state index is 16.8. The number of fused-ring (bicyclic) bond motifs is 2. The van der Waals surface area contributed by atoms with E-state index in [1.54, 1.807) is 0 Å². The van der Waals surface area contributed by atoms with Crippen molar-refractivity contribution in [2.45, 2.75) is 37.2 Å². The Morgan fingerprint density at radius 2 is 1.98 bits per heavy atom. The summed E-state index contributed by atoms with van der Waals surface area (Å²) in [6, 6.07) is 9.05. The Hall–Kier alpha value is -4.28. The van der Waals surface area contributed by atoms with E-state index < -0.39 is 71.4 Å². The molecule has 0 aliphatic heterocycles. The van der Waals surface area contributed by atoms with Gasteiger partial charge in [0.15, 0.2) is 17.4 Å². The molecule has 0 amide bonds. The number of aromatic carboxylic acids is 1. The summed E-state index contributed by atoms with van der Waals surface area (Å²) in [5.74, 6) is -3.64. The molecular weight excluding hydrogens is 520 g/mol. The molecular formula is C30H27F2N3O5. The number of ether oxygens (including phenoxy) is 2. The average molecular weight is 557 g/mol. The Labute approximate surface area is 240 Å². The summed E-state index contributed by atoms with van der Waals surface area (Å²) >= 11 is 0. The number of carboxylic acid groups (broad SMARTS) is 1. The topological polar surface area (TPSA) is 110 Å². The smallest absolute Gasteiger partial charge is 0.335 e. The van der Waals surface area contributed by atoms with Crippen LogP contribution >= 0.6 is 0 Å². The lowest BCUT2D eigenvalue weighted by Crippen LogP contribution is -2.45. The molecule has 2 heterocycles. The second-order valence-corrected chi connectivity index (χ2v) is 8.92. The van der Waals surface area contributed by atoms with Crippen LogP contribution in [-0.4, -0.2) is 51.2 Å². The van der Waals surface area contributed by atoms with E-state index in [4.69, 9.17) is 20.4 Å². The van der Waals surface area contributed by atoms with Crippen molar-refractivity contribution in [3.63, 3.8) is 0 Å². The molecule has 5 aromatic rings. The number of hydrogen-bond donors (Lipinski definition) is 3. The summed E-state index contributed by atoms with van der Waals surface area (Å²) in [4.78, 5) is 11.7. The number of H-pyrrole nitrogens is 1. The minimum atomic E-state index is -3.97. The number of aromatic nitrogens is 3. The average Bonchev–Trinajstić information content (AvgIpc) is 3.67. The third-order valence-electron chi connectivity index (χ3n) is 6.78. The first-order valence-corrected chi connectivity index (χ1v) is 11.8. The van der Waals surface area contributed by atoms with Gasteiger partial charge in [-0.1, -0.05) is 18.5 Å². The molecule has 6 rings (SSSR count). The normalized spacial score (nSPS) is 29.6. The molecule has 2 atom stereocenters. The second-order valence-electron chi connectivity index (χ2n) is 8.92. The molecule has 3 N–H and O–H groups in total. The predicted octanol–water partition coefficient (Wildman–Crippen LogP) is 5.94. The summed E-state index contributed by atoms with van der Waals surface area (Å²) in [5.41, 5.74) is -6.17. The highest BCUT2D eigenvalue weighted by Crippen LogP contribution is 2.49. The largest absolute Gasteiger partial charge is 0.494 e. The molecule has 0 saturated heterocycles. The monoisotopic (exact) mass is 556 g/mol. The van der Waals surface area contributed by atoms with Crippen LogP contribution in [0.25, 0.3) is 38.6 Å². The fraction of sp³-hybridized carbons (Fsp3) is 0.267. The van der Waals surface area contributed by atoms with Crippen LogP contribution in [0.4, 0.5) is 8.78 Å². The number of benzene rings is 3. The number of carbonyl (C=O) groups is 1. The van der Waals surface area contributed by atoms with Crippen LogP contribution in [0.5, 0.6) is 5.75 Å². The van der Waals surface area contributed by atoms with Gasteiger partial charge in [0.1, 0.15) is 11.1 Å². The van der Waals surface area contributed by atoms with E-state index in [2.05, 4.69) is 10.2 Å². The Morgan fingerprint density at radius 3 is 2.67 bits per heavy atom. The Balaban J connectivity index is 1.95. The first kappa shape index (κ1) is 17.4. The van der Waals surface area contributed by atoms with Gasteiger partial charge in [0, 0.05) is 46.2 Å². The lowest BCUT2D eigenvalue weighted by molar-refractivity contribution is -0.125. The van der Waals surface area contributed by atoms with Crippen LogP contribution in [0.3, 0.4) is 0 Å². The molecule has 2 aromatic heterocycles. The van der Waals surface area contributed by atoms with Gasteiger partial charge in [0.2, 0.25) is 0 Å². The predicted molar refractivity (Wildman–Crippen MR) is 145 cm³/mol. The molecule has 1 aliphatic carbocycles. The highest BCUT2D eigenvalue weighted by Gasteiger charge is 2.46. The van der Waals surface area contributed by atoms with Crippen molar-refractivity contribution in [3.05, 3.63) is 77.6 Å². The molecule has 1 fully saturated rings. The SMILES string of the molecule is [2H]C1([2H])C([2H])([2H])C([2H])([2H])[C@](O)(c2c(-c3ccc(C(=O)O)cc3)c3c(F)c4[nH]ncc4cc3n2-c2ccc(F)c(OC)c2)[C@@]([2H])(OC)C1([2H])[2H]. The van der Waals surface area contributed by atoms with Crippen molar-refractivity contribution >= 4 is 27.8 Å². The van der Waals surface area contributed by atoms with E-state index in [1.165, 1.54) is 24.4 Å². The zero-order valence-electron chi connectivity index (χ0n) is 30.0. The summed E-state index contributed by atoms with van der Waals surface area (Å²) in [6.07, 6.45) is -18.1. The van der Waals surface area contributed by atoms with E-state index >= 15 is 4.39 Å². The number of aromatic amines is 1. The number of halogens is 2. The second kappa shape index (κ2) is 9.72. The first-order valence-electron chi connectivity index (χ1n) is 16.3. The summed E-state index contributed by atoms with van der Waals surface area (Å²) in [5, 5.41) is 28.6. The van der Waals surface area contributed by atoms with E-state index in [0.29, 0.717) is 7.11 Å². The number of aliphatic hydroxyl groups is 1. The standard InChI is InChI=1S/C30H27F2N3O5/c1-39-22-14-19(10-11-20(22)31)35-21-13-18-15-33-34-27(18)26(32)25(21)24(16-6-8-17(9-7-16)29(36)37)28(35)30(38)12-4-3-5-23(30)40-2/h6-11,13-15,23,38H,3-5,12H2,1-2H3,(H,33,34)(H,36,37)/t23-,30+/m0/s1/i3D2,4D2,5D2,12D2,23D. The van der Waals surface area contributed by atoms with Gasteiger partial charge in [-0.15, -0.1) is 0 Å². The van der Waals surface area contributed by atoms with Crippen molar-refractivity contribution in [3.8, 4) is 22.6 Å². The minimum Gasteiger partial charge on any atom is -0.494 e. The molecule has 206 valence electrons. The Morgan fingerprint density at radius 1 is 1.20 bits per heavy atom. The third kappa shape index (κ3) is 3.86. The van der Waals surface area contributed by atoms with E-state index in [-0.39, 0.29) is 39.0 Å². The van der Waals surface area contributed by atoms with Gasteiger partial charge in [0.25, 0.3) is 0 Å². The van der Waals surface area contributed by atoms with Crippen LogP contribution in [0.2, 0.25) is 0 Å². The lowest BCUT2D eigenvalue weighted by atomic mass is 9.77. The maximum atomic E-state index is 16.8. The fourth-order valence-corrected chi connectivity index (χ4v) is 4.98. The van der Waals surface area contributed by atoms with Crippen LogP contribution in [0.15, 0.2) is 54.7 Å². The van der Waals surface area contributed by atoms with Crippen molar-refractivity contribution in [2.24, 2.45) is 0 Å². The number of nitrogens with one attached hydrogen (secondary N) is 1. The molecule has 3 aromatic carbocycles. The number of rotatable bonds is 6. The van der Waals surface area contributed by atoms with Gasteiger partial charge in [-0.05, 0) is 55.0 Å². The van der Waals surface area contributed by atoms with Gasteiger partial charge in [-0.2, -0.15) is 5.10 Å². The molecule has 8 nitrogen and oxygen atoms in total.